The van der Waals surface area contributed by atoms with Gasteiger partial charge in [0.2, 0.25) is 0 Å². The SMILES string of the molecule is CCOC(=O)C1=C(C)N=c2s/c(=C\c3c(OC)ccc4ccccc34)c(=O)n2C1c1ccc(OC)c(OC)c1. The first kappa shape index (κ1) is 26.2. The van der Waals surface area contributed by atoms with Gasteiger partial charge in [-0.1, -0.05) is 47.7 Å². The van der Waals surface area contributed by atoms with Crippen LogP contribution in [0.1, 0.15) is 31.0 Å². The number of carbonyl (C=O) groups excluding carboxylic acids is 1. The van der Waals surface area contributed by atoms with Crippen molar-refractivity contribution in [3.63, 3.8) is 0 Å². The second kappa shape index (κ2) is 10.8. The van der Waals surface area contributed by atoms with Gasteiger partial charge in [-0.05, 0) is 54.5 Å². The van der Waals surface area contributed by atoms with Gasteiger partial charge < -0.3 is 18.9 Å². The molecular formula is C30H28N2O6S. The summed E-state index contributed by atoms with van der Waals surface area (Å²) in [5.74, 6) is 1.15. The Kier molecular flexibility index (Phi) is 7.26. The number of ether oxygens (including phenoxy) is 4. The van der Waals surface area contributed by atoms with Gasteiger partial charge >= 0.3 is 5.97 Å². The third-order valence-corrected chi connectivity index (χ3v) is 7.65. The van der Waals surface area contributed by atoms with Gasteiger partial charge in [0.25, 0.3) is 5.56 Å². The van der Waals surface area contributed by atoms with Gasteiger partial charge in [0.1, 0.15) is 5.75 Å². The summed E-state index contributed by atoms with van der Waals surface area (Å²) in [6.07, 6.45) is 1.83. The highest BCUT2D eigenvalue weighted by molar-refractivity contribution is 7.07. The minimum Gasteiger partial charge on any atom is -0.496 e. The first-order valence-corrected chi connectivity index (χ1v) is 13.2. The summed E-state index contributed by atoms with van der Waals surface area (Å²) in [6, 6.07) is 16.4. The van der Waals surface area contributed by atoms with E-state index >= 15 is 0 Å². The molecule has 1 aromatic heterocycles. The Hall–Kier alpha value is -4.37. The van der Waals surface area contributed by atoms with E-state index in [4.69, 9.17) is 18.9 Å². The summed E-state index contributed by atoms with van der Waals surface area (Å²) in [7, 11) is 4.70. The van der Waals surface area contributed by atoms with Gasteiger partial charge in [0.05, 0.1) is 49.8 Å². The van der Waals surface area contributed by atoms with Crippen LogP contribution in [-0.4, -0.2) is 38.5 Å². The number of hydrogen-bond acceptors (Lipinski definition) is 8. The number of thiazole rings is 1. The van der Waals surface area contributed by atoms with Crippen LogP contribution in [0, 0.1) is 0 Å². The lowest BCUT2D eigenvalue weighted by Gasteiger charge is -2.25. The Balaban J connectivity index is 1.79. The van der Waals surface area contributed by atoms with Gasteiger partial charge in [-0.15, -0.1) is 0 Å². The lowest BCUT2D eigenvalue weighted by atomic mass is 9.95. The van der Waals surface area contributed by atoms with E-state index in [-0.39, 0.29) is 12.2 Å². The van der Waals surface area contributed by atoms with Crippen LogP contribution in [0.2, 0.25) is 0 Å². The van der Waals surface area contributed by atoms with E-state index in [1.54, 1.807) is 44.8 Å². The molecule has 0 amide bonds. The number of allylic oxidation sites excluding steroid dienone is 1. The van der Waals surface area contributed by atoms with Crippen molar-refractivity contribution in [3.8, 4) is 17.2 Å². The van der Waals surface area contributed by atoms with Crippen LogP contribution in [0.15, 0.2) is 75.7 Å². The van der Waals surface area contributed by atoms with Crippen molar-refractivity contribution in [1.82, 2.24) is 4.57 Å². The Labute approximate surface area is 229 Å². The number of fused-ring (bicyclic) bond motifs is 2. The summed E-state index contributed by atoms with van der Waals surface area (Å²) in [5, 5.41) is 1.99. The molecule has 1 aliphatic rings. The van der Waals surface area contributed by atoms with Crippen molar-refractivity contribution >= 4 is 34.2 Å². The number of nitrogens with zero attached hydrogens (tertiary/aromatic N) is 2. The third kappa shape index (κ3) is 4.59. The molecule has 5 rings (SSSR count). The lowest BCUT2D eigenvalue weighted by Crippen LogP contribution is -2.40. The predicted octanol–water partition coefficient (Wildman–Crippen LogP) is 3.98. The highest BCUT2D eigenvalue weighted by atomic mass is 32.1. The van der Waals surface area contributed by atoms with Crippen LogP contribution >= 0.6 is 11.3 Å². The number of methoxy groups -OCH3 is 3. The van der Waals surface area contributed by atoms with E-state index in [1.807, 2.05) is 48.5 Å². The van der Waals surface area contributed by atoms with Crippen LogP contribution in [0.5, 0.6) is 17.2 Å². The van der Waals surface area contributed by atoms with E-state index in [0.29, 0.717) is 43.4 Å². The van der Waals surface area contributed by atoms with E-state index in [9.17, 15) is 9.59 Å². The molecule has 39 heavy (non-hydrogen) atoms. The maximum atomic E-state index is 14.1. The molecule has 0 bridgehead atoms. The molecular weight excluding hydrogens is 516 g/mol. The molecule has 9 heteroatoms. The summed E-state index contributed by atoms with van der Waals surface area (Å²) < 4.78 is 24.0. The fourth-order valence-electron chi connectivity index (χ4n) is 4.86. The molecule has 2 heterocycles. The Bertz CT molecular complexity index is 1800. The average molecular weight is 545 g/mol. The van der Waals surface area contributed by atoms with Gasteiger partial charge in [-0.3, -0.25) is 9.36 Å². The summed E-state index contributed by atoms with van der Waals surface area (Å²) in [4.78, 5) is 32.4. The van der Waals surface area contributed by atoms with Crippen molar-refractivity contribution in [2.24, 2.45) is 4.99 Å². The third-order valence-electron chi connectivity index (χ3n) is 6.67. The van der Waals surface area contributed by atoms with Crippen molar-refractivity contribution in [1.29, 1.82) is 0 Å². The fourth-order valence-corrected chi connectivity index (χ4v) is 5.89. The number of hydrogen-bond donors (Lipinski definition) is 0. The number of carbonyl (C=O) groups is 1. The molecule has 0 spiro atoms. The summed E-state index contributed by atoms with van der Waals surface area (Å²) in [5.41, 5.74) is 1.97. The Morgan fingerprint density at radius 2 is 1.72 bits per heavy atom. The monoisotopic (exact) mass is 544 g/mol. The van der Waals surface area contributed by atoms with E-state index in [2.05, 4.69) is 4.99 Å². The standard InChI is InChI=1S/C30H28N2O6S/c1-6-38-29(34)26-17(2)31-30-32(27(26)19-12-14-23(36-4)24(15-19)37-5)28(33)25(39-30)16-21-20-10-8-7-9-18(20)11-13-22(21)35-3/h7-16,27H,6H2,1-5H3/b25-16-. The molecule has 1 unspecified atom stereocenters. The molecule has 4 aromatic rings. The molecule has 0 N–H and O–H groups in total. The van der Waals surface area contributed by atoms with Gasteiger partial charge in [-0.2, -0.15) is 0 Å². The average Bonchev–Trinajstić information content (AvgIpc) is 3.26. The van der Waals surface area contributed by atoms with Gasteiger partial charge in [0.15, 0.2) is 16.3 Å². The number of aromatic nitrogens is 1. The topological polar surface area (TPSA) is 88.4 Å². The van der Waals surface area contributed by atoms with Crippen LogP contribution < -0.4 is 29.1 Å². The normalized spacial score (nSPS) is 15.1. The van der Waals surface area contributed by atoms with E-state index in [0.717, 1.165) is 16.3 Å². The molecule has 0 radical (unpaired) electrons. The molecule has 200 valence electrons. The Morgan fingerprint density at radius 1 is 1.00 bits per heavy atom. The molecule has 8 nitrogen and oxygen atoms in total. The minimum absolute atomic E-state index is 0.194. The minimum atomic E-state index is -0.767. The zero-order chi connectivity index (χ0) is 27.7. The second-order valence-corrected chi connectivity index (χ2v) is 9.83. The predicted molar refractivity (Wildman–Crippen MR) is 150 cm³/mol. The summed E-state index contributed by atoms with van der Waals surface area (Å²) in [6.45, 7) is 3.69. The first-order valence-electron chi connectivity index (χ1n) is 12.4. The number of rotatable bonds is 7. The van der Waals surface area contributed by atoms with Crippen molar-refractivity contribution < 1.29 is 23.7 Å². The molecule has 0 saturated heterocycles. The molecule has 1 aliphatic heterocycles. The van der Waals surface area contributed by atoms with Crippen LogP contribution in [0.25, 0.3) is 16.8 Å². The van der Waals surface area contributed by atoms with E-state index < -0.39 is 12.0 Å². The molecule has 0 aliphatic carbocycles. The Morgan fingerprint density at radius 3 is 2.44 bits per heavy atom. The lowest BCUT2D eigenvalue weighted by molar-refractivity contribution is -0.139. The molecule has 1 atom stereocenters. The fraction of sp³-hybridized carbons (Fsp3) is 0.233. The molecule has 0 fully saturated rings. The number of esters is 1. The largest absolute Gasteiger partial charge is 0.496 e. The van der Waals surface area contributed by atoms with Crippen LogP contribution in [-0.2, 0) is 9.53 Å². The smallest absolute Gasteiger partial charge is 0.338 e. The van der Waals surface area contributed by atoms with E-state index in [1.165, 1.54) is 18.4 Å². The zero-order valence-corrected chi connectivity index (χ0v) is 23.1. The highest BCUT2D eigenvalue weighted by Crippen LogP contribution is 2.36. The molecule has 0 saturated carbocycles. The van der Waals surface area contributed by atoms with Crippen molar-refractivity contribution in [3.05, 3.63) is 96.7 Å². The van der Waals surface area contributed by atoms with Gasteiger partial charge in [-0.25, -0.2) is 9.79 Å². The van der Waals surface area contributed by atoms with Crippen molar-refractivity contribution in [2.45, 2.75) is 19.9 Å². The number of benzene rings is 3. The second-order valence-electron chi connectivity index (χ2n) is 8.82. The zero-order valence-electron chi connectivity index (χ0n) is 22.3. The quantitative estimate of drug-likeness (QED) is 0.327. The highest BCUT2D eigenvalue weighted by Gasteiger charge is 2.34. The van der Waals surface area contributed by atoms with Gasteiger partial charge in [0, 0.05) is 5.56 Å². The maximum Gasteiger partial charge on any atom is 0.338 e. The maximum absolute atomic E-state index is 14.1. The van der Waals surface area contributed by atoms with Crippen LogP contribution in [0.4, 0.5) is 0 Å². The summed E-state index contributed by atoms with van der Waals surface area (Å²) >= 11 is 1.26. The first-order chi connectivity index (χ1) is 18.9. The van der Waals surface area contributed by atoms with Crippen molar-refractivity contribution in [2.75, 3.05) is 27.9 Å². The van der Waals surface area contributed by atoms with Crippen LogP contribution in [0.3, 0.4) is 0 Å². The molecule has 3 aromatic carbocycles.